The number of carbonyl (C=O) groups excluding carboxylic acids is 3. The molecule has 2 heterocycles. The number of aromatic nitrogens is 3. The van der Waals surface area contributed by atoms with Gasteiger partial charge in [-0.05, 0) is 45.4 Å². The smallest absolute Gasteiger partial charge is 0.348 e. The monoisotopic (exact) mass is 594 g/mol. The maximum Gasteiger partial charge on any atom is 0.348 e. The van der Waals surface area contributed by atoms with Crippen LogP contribution in [0.25, 0.3) is 0 Å². The molecule has 14 heteroatoms. The number of nitrogens with one attached hydrogen (secondary N) is 1. The SMILES string of the molecule is C=CCn1c(SCC(=O)Nc2sc(C(=O)OCC)c(C)c2C(=O)OCC)nnc1C(C)Oc1ccc(F)cc1F. The van der Waals surface area contributed by atoms with Crippen molar-refractivity contribution in [3.8, 4) is 5.75 Å². The van der Waals surface area contributed by atoms with Crippen molar-refractivity contribution in [2.75, 3.05) is 24.3 Å². The maximum atomic E-state index is 14.1. The third-order valence-electron chi connectivity index (χ3n) is 5.29. The molecule has 0 spiro atoms. The number of allylic oxidation sites excluding steroid dienone is 1. The van der Waals surface area contributed by atoms with E-state index in [1.807, 2.05) is 0 Å². The van der Waals surface area contributed by atoms with Crippen molar-refractivity contribution in [2.24, 2.45) is 0 Å². The number of benzene rings is 1. The molecule has 0 aliphatic heterocycles. The summed E-state index contributed by atoms with van der Waals surface area (Å²) >= 11 is 1.99. The minimum absolute atomic E-state index is 0.0874. The van der Waals surface area contributed by atoms with Gasteiger partial charge in [0.25, 0.3) is 0 Å². The Kier molecular flexibility index (Phi) is 10.8. The second kappa shape index (κ2) is 14.0. The molecule has 40 heavy (non-hydrogen) atoms. The van der Waals surface area contributed by atoms with E-state index in [0.29, 0.717) is 22.6 Å². The minimum atomic E-state index is -0.856. The first-order valence-corrected chi connectivity index (χ1v) is 14.0. The summed E-state index contributed by atoms with van der Waals surface area (Å²) < 4.78 is 44.8. The highest BCUT2D eigenvalue weighted by Gasteiger charge is 2.28. The highest BCUT2D eigenvalue weighted by atomic mass is 32.2. The van der Waals surface area contributed by atoms with Gasteiger partial charge >= 0.3 is 11.9 Å². The summed E-state index contributed by atoms with van der Waals surface area (Å²) in [5.74, 6) is -3.27. The van der Waals surface area contributed by atoms with Crippen LogP contribution in [-0.2, 0) is 20.8 Å². The lowest BCUT2D eigenvalue weighted by Gasteiger charge is -2.16. The fourth-order valence-electron chi connectivity index (χ4n) is 3.56. The van der Waals surface area contributed by atoms with Gasteiger partial charge in [0.1, 0.15) is 15.7 Å². The molecule has 0 aliphatic carbocycles. The first-order chi connectivity index (χ1) is 19.1. The van der Waals surface area contributed by atoms with Gasteiger partial charge in [0.15, 0.2) is 28.7 Å². The van der Waals surface area contributed by atoms with E-state index in [1.165, 1.54) is 6.07 Å². The van der Waals surface area contributed by atoms with Crippen LogP contribution in [-0.4, -0.2) is 51.6 Å². The molecule has 0 fully saturated rings. The Morgan fingerprint density at radius 1 is 1.18 bits per heavy atom. The van der Waals surface area contributed by atoms with Gasteiger partial charge in [0.2, 0.25) is 5.91 Å². The number of carbonyl (C=O) groups is 3. The number of esters is 2. The zero-order valence-corrected chi connectivity index (χ0v) is 23.9. The van der Waals surface area contributed by atoms with Crippen molar-refractivity contribution >= 4 is 45.9 Å². The molecule has 2 aromatic heterocycles. The molecule has 3 aromatic rings. The van der Waals surface area contributed by atoms with E-state index in [1.54, 1.807) is 38.3 Å². The second-order valence-electron chi connectivity index (χ2n) is 8.11. The number of nitrogens with zero attached hydrogens (tertiary/aromatic N) is 3. The fraction of sp³-hybridized carbons (Fsp3) is 0.346. The van der Waals surface area contributed by atoms with E-state index < -0.39 is 35.6 Å². The fourth-order valence-corrected chi connectivity index (χ4v) is 5.42. The molecule has 0 saturated heterocycles. The summed E-state index contributed by atoms with van der Waals surface area (Å²) in [6, 6.07) is 2.98. The Morgan fingerprint density at radius 3 is 2.52 bits per heavy atom. The molecule has 214 valence electrons. The molecule has 3 rings (SSSR count). The van der Waals surface area contributed by atoms with E-state index in [4.69, 9.17) is 14.2 Å². The number of amides is 1. The molecule has 0 bridgehead atoms. The van der Waals surface area contributed by atoms with E-state index in [0.717, 1.165) is 29.2 Å². The number of ether oxygens (including phenoxy) is 3. The third-order valence-corrected chi connectivity index (χ3v) is 7.44. The molecule has 0 saturated carbocycles. The number of thiophene rings is 1. The molecule has 1 atom stereocenters. The van der Waals surface area contributed by atoms with Crippen LogP contribution in [0.4, 0.5) is 13.8 Å². The number of anilines is 1. The largest absolute Gasteiger partial charge is 0.480 e. The lowest BCUT2D eigenvalue weighted by molar-refractivity contribution is -0.113. The molecule has 0 aliphatic rings. The van der Waals surface area contributed by atoms with Crippen LogP contribution < -0.4 is 10.1 Å². The van der Waals surface area contributed by atoms with Crippen LogP contribution in [0.15, 0.2) is 36.0 Å². The van der Waals surface area contributed by atoms with Crippen molar-refractivity contribution in [1.29, 1.82) is 0 Å². The lowest BCUT2D eigenvalue weighted by atomic mass is 10.1. The summed E-state index contributed by atoms with van der Waals surface area (Å²) in [6.07, 6.45) is 0.831. The molecular weight excluding hydrogens is 566 g/mol. The number of rotatable bonds is 13. The minimum Gasteiger partial charge on any atom is -0.480 e. The van der Waals surface area contributed by atoms with E-state index in [2.05, 4.69) is 22.1 Å². The van der Waals surface area contributed by atoms with Gasteiger partial charge < -0.3 is 19.5 Å². The van der Waals surface area contributed by atoms with E-state index in [-0.39, 0.29) is 46.7 Å². The van der Waals surface area contributed by atoms with Crippen LogP contribution in [0.5, 0.6) is 5.75 Å². The molecule has 0 radical (unpaired) electrons. The van der Waals surface area contributed by atoms with Crippen molar-refractivity contribution in [2.45, 2.75) is 45.5 Å². The quantitative estimate of drug-likeness (QED) is 0.159. The average molecular weight is 595 g/mol. The highest BCUT2D eigenvalue weighted by Crippen LogP contribution is 2.35. The normalized spacial score (nSPS) is 11.6. The lowest BCUT2D eigenvalue weighted by Crippen LogP contribution is -2.17. The van der Waals surface area contributed by atoms with Crippen LogP contribution in [0, 0.1) is 18.6 Å². The standard InChI is InChI=1S/C26H28F2N4O6S2/c1-6-11-32-22(15(5)38-18-10-9-16(27)12-17(18)28)30-31-26(32)39-13-19(33)29-23-20(24(34)36-7-2)14(4)21(40-23)25(35)37-8-3/h6,9-10,12,15H,1,7-8,11,13H2,2-5H3,(H,29,33). The first kappa shape index (κ1) is 30.8. The Bertz CT molecular complexity index is 1410. The Hall–Kier alpha value is -3.78. The third kappa shape index (κ3) is 7.24. The zero-order valence-electron chi connectivity index (χ0n) is 22.3. The van der Waals surface area contributed by atoms with Crippen molar-refractivity contribution < 1.29 is 37.4 Å². The summed E-state index contributed by atoms with van der Waals surface area (Å²) in [5.41, 5.74) is 0.441. The van der Waals surface area contributed by atoms with Crippen LogP contribution in [0.2, 0.25) is 0 Å². The summed E-state index contributed by atoms with van der Waals surface area (Å²) in [5, 5.41) is 11.5. The molecule has 1 N–H and O–H groups in total. The van der Waals surface area contributed by atoms with E-state index in [9.17, 15) is 23.2 Å². The van der Waals surface area contributed by atoms with Crippen molar-refractivity contribution in [1.82, 2.24) is 14.8 Å². The Labute approximate surface area is 237 Å². The molecule has 1 aromatic carbocycles. The number of halogens is 2. The highest BCUT2D eigenvalue weighted by molar-refractivity contribution is 7.99. The van der Waals surface area contributed by atoms with E-state index >= 15 is 0 Å². The molecule has 10 nitrogen and oxygen atoms in total. The van der Waals surface area contributed by atoms with Gasteiger partial charge in [0, 0.05) is 12.6 Å². The second-order valence-corrected chi connectivity index (χ2v) is 10.1. The molecule has 1 unspecified atom stereocenters. The predicted octanol–water partition coefficient (Wildman–Crippen LogP) is 5.34. The summed E-state index contributed by atoms with van der Waals surface area (Å²) in [6.45, 7) is 10.8. The number of hydrogen-bond acceptors (Lipinski definition) is 10. The van der Waals surface area contributed by atoms with Crippen LogP contribution in [0.3, 0.4) is 0 Å². The predicted molar refractivity (Wildman–Crippen MR) is 146 cm³/mol. The molecular formula is C26H28F2N4O6S2. The number of thioether (sulfide) groups is 1. The van der Waals surface area contributed by atoms with Gasteiger partial charge in [-0.25, -0.2) is 18.4 Å². The van der Waals surface area contributed by atoms with Gasteiger partial charge in [-0.2, -0.15) is 0 Å². The maximum absolute atomic E-state index is 14.1. The van der Waals surface area contributed by atoms with Gasteiger partial charge in [-0.15, -0.1) is 28.1 Å². The first-order valence-electron chi connectivity index (χ1n) is 12.2. The Morgan fingerprint density at radius 2 is 1.88 bits per heavy atom. The van der Waals surface area contributed by atoms with Crippen LogP contribution >= 0.6 is 23.1 Å². The van der Waals surface area contributed by atoms with Gasteiger partial charge in [-0.3, -0.25) is 9.36 Å². The topological polar surface area (TPSA) is 122 Å². The Balaban J connectivity index is 1.77. The molecule has 1 amide bonds. The zero-order chi connectivity index (χ0) is 29.4. The van der Waals surface area contributed by atoms with Gasteiger partial charge in [-0.1, -0.05) is 17.8 Å². The van der Waals surface area contributed by atoms with Gasteiger partial charge in [0.05, 0.1) is 24.5 Å². The summed E-state index contributed by atoms with van der Waals surface area (Å²) in [4.78, 5) is 38.0. The average Bonchev–Trinajstić information content (AvgIpc) is 3.45. The summed E-state index contributed by atoms with van der Waals surface area (Å²) in [7, 11) is 0. The van der Waals surface area contributed by atoms with Crippen molar-refractivity contribution in [3.63, 3.8) is 0 Å². The number of hydrogen-bond donors (Lipinski definition) is 1. The van der Waals surface area contributed by atoms with Crippen LogP contribution in [0.1, 0.15) is 58.3 Å². The van der Waals surface area contributed by atoms with Crippen molar-refractivity contribution in [3.05, 3.63) is 64.3 Å².